The number of methoxy groups -OCH3 is 1. The lowest BCUT2D eigenvalue weighted by atomic mass is 10.1. The predicted octanol–water partition coefficient (Wildman–Crippen LogP) is 2.37. The molecule has 3 aromatic rings. The number of hydrogen-bond donors (Lipinski definition) is 2. The van der Waals surface area contributed by atoms with E-state index in [1.54, 1.807) is 13.3 Å². The molecule has 7 nitrogen and oxygen atoms in total. The monoisotopic (exact) mass is 345 g/mol. The van der Waals surface area contributed by atoms with E-state index in [4.69, 9.17) is 16.3 Å². The van der Waals surface area contributed by atoms with Crippen LogP contribution < -0.4 is 15.6 Å². The van der Waals surface area contributed by atoms with Crippen LogP contribution in [0.5, 0.6) is 5.75 Å². The van der Waals surface area contributed by atoms with Crippen molar-refractivity contribution in [3.8, 4) is 5.75 Å². The second-order valence-electron chi connectivity index (χ2n) is 5.17. The van der Waals surface area contributed by atoms with Gasteiger partial charge in [-0.2, -0.15) is 5.10 Å². The van der Waals surface area contributed by atoms with Crippen LogP contribution in [0.25, 0.3) is 0 Å². The zero-order valence-corrected chi connectivity index (χ0v) is 13.9. The molecule has 0 aliphatic carbocycles. The Bertz CT molecular complexity index is 888. The predicted molar refractivity (Wildman–Crippen MR) is 91.5 cm³/mol. The number of halogens is 1. The van der Waals surface area contributed by atoms with E-state index in [-0.39, 0.29) is 11.1 Å². The summed E-state index contributed by atoms with van der Waals surface area (Å²) < 4.78 is 7.10. The van der Waals surface area contributed by atoms with Crippen molar-refractivity contribution >= 4 is 17.3 Å². The first-order chi connectivity index (χ1) is 11.6. The molecule has 0 aliphatic heterocycles. The van der Waals surface area contributed by atoms with Gasteiger partial charge >= 0.3 is 0 Å². The highest BCUT2D eigenvalue weighted by molar-refractivity contribution is 6.32. The second kappa shape index (κ2) is 6.76. The quantitative estimate of drug-likeness (QED) is 0.741. The van der Waals surface area contributed by atoms with Crippen molar-refractivity contribution in [3.05, 3.63) is 69.6 Å². The number of ether oxygens (including phenoxy) is 1. The third-order valence-corrected chi connectivity index (χ3v) is 4.04. The van der Waals surface area contributed by atoms with Gasteiger partial charge in [-0.05, 0) is 17.7 Å². The van der Waals surface area contributed by atoms with Gasteiger partial charge in [-0.25, -0.2) is 10.1 Å². The van der Waals surface area contributed by atoms with Crippen LogP contribution in [0.1, 0.15) is 17.4 Å². The van der Waals surface area contributed by atoms with Gasteiger partial charge in [-0.1, -0.05) is 23.7 Å². The molecule has 0 saturated carbocycles. The van der Waals surface area contributed by atoms with Crippen LogP contribution in [0.15, 0.2) is 47.7 Å². The fraction of sp³-hybridized carbons (Fsp3) is 0.188. The molecule has 2 heterocycles. The van der Waals surface area contributed by atoms with Crippen LogP contribution in [0.2, 0.25) is 5.02 Å². The zero-order valence-electron chi connectivity index (χ0n) is 13.2. The number of anilines is 1. The Kier molecular flexibility index (Phi) is 4.52. The van der Waals surface area contributed by atoms with Crippen molar-refractivity contribution < 1.29 is 4.74 Å². The maximum absolute atomic E-state index is 11.7. The molecular formula is C16H16ClN5O2. The van der Waals surface area contributed by atoms with Gasteiger partial charge in [0, 0.05) is 19.4 Å². The Morgan fingerprint density at radius 3 is 2.71 bits per heavy atom. The van der Waals surface area contributed by atoms with E-state index in [0.29, 0.717) is 5.69 Å². The highest BCUT2D eigenvalue weighted by Crippen LogP contribution is 2.28. The summed E-state index contributed by atoms with van der Waals surface area (Å²) in [4.78, 5) is 16.1. The van der Waals surface area contributed by atoms with Crippen LogP contribution in [-0.2, 0) is 7.05 Å². The fourth-order valence-corrected chi connectivity index (χ4v) is 2.53. The van der Waals surface area contributed by atoms with Crippen molar-refractivity contribution in [2.45, 2.75) is 6.04 Å². The van der Waals surface area contributed by atoms with Gasteiger partial charge < -0.3 is 14.6 Å². The molecule has 0 bridgehead atoms. The zero-order chi connectivity index (χ0) is 17.1. The number of benzene rings is 1. The lowest BCUT2D eigenvalue weighted by Crippen LogP contribution is -2.19. The molecule has 0 saturated heterocycles. The van der Waals surface area contributed by atoms with Gasteiger partial charge in [0.15, 0.2) is 0 Å². The van der Waals surface area contributed by atoms with E-state index in [1.807, 2.05) is 42.1 Å². The molecule has 3 rings (SSSR count). The Morgan fingerprint density at radius 2 is 2.08 bits per heavy atom. The Hall–Kier alpha value is -2.80. The molecule has 24 heavy (non-hydrogen) atoms. The number of nitrogens with zero attached hydrogens (tertiary/aromatic N) is 3. The van der Waals surface area contributed by atoms with Crippen LogP contribution >= 0.6 is 11.6 Å². The number of hydrogen-bond acceptors (Lipinski definition) is 5. The van der Waals surface area contributed by atoms with Gasteiger partial charge in [0.2, 0.25) is 0 Å². The molecule has 2 N–H and O–H groups in total. The summed E-state index contributed by atoms with van der Waals surface area (Å²) >= 11 is 6.08. The minimum Gasteiger partial charge on any atom is -0.497 e. The molecule has 8 heteroatoms. The summed E-state index contributed by atoms with van der Waals surface area (Å²) in [5, 5.41) is 9.39. The lowest BCUT2D eigenvalue weighted by molar-refractivity contribution is 0.414. The van der Waals surface area contributed by atoms with Gasteiger partial charge in [0.05, 0.1) is 19.0 Å². The van der Waals surface area contributed by atoms with Crippen molar-refractivity contribution in [2.75, 3.05) is 12.4 Å². The van der Waals surface area contributed by atoms with Crippen molar-refractivity contribution in [1.82, 2.24) is 19.7 Å². The molecule has 124 valence electrons. The Morgan fingerprint density at radius 1 is 1.33 bits per heavy atom. The van der Waals surface area contributed by atoms with E-state index >= 15 is 0 Å². The van der Waals surface area contributed by atoms with Crippen molar-refractivity contribution in [1.29, 1.82) is 0 Å². The number of aryl methyl sites for hydroxylation is 1. The molecule has 0 aliphatic rings. The van der Waals surface area contributed by atoms with Crippen molar-refractivity contribution in [2.24, 2.45) is 7.05 Å². The van der Waals surface area contributed by atoms with Gasteiger partial charge in [0.25, 0.3) is 5.56 Å². The van der Waals surface area contributed by atoms with Crippen LogP contribution in [0.4, 0.5) is 5.69 Å². The standard InChI is InChI=1S/C16H16ClN5O2/c1-22-8-7-18-15(22)14(10-3-5-11(24-2)6-4-10)20-12-9-19-21-16(23)13(12)17/h3-9,14H,1-2H3,(H2,20,21,23). The summed E-state index contributed by atoms with van der Waals surface area (Å²) in [5.41, 5.74) is 0.931. The van der Waals surface area contributed by atoms with E-state index in [9.17, 15) is 4.79 Å². The van der Waals surface area contributed by atoms with Crippen molar-refractivity contribution in [3.63, 3.8) is 0 Å². The average molecular weight is 346 g/mol. The Labute approximate surface area is 143 Å². The number of rotatable bonds is 5. The first-order valence-corrected chi connectivity index (χ1v) is 7.59. The highest BCUT2D eigenvalue weighted by Gasteiger charge is 2.20. The van der Waals surface area contributed by atoms with E-state index in [2.05, 4.69) is 20.5 Å². The SMILES string of the molecule is COc1ccc(C(Nc2cn[nH]c(=O)c2Cl)c2nccn2C)cc1. The van der Waals surface area contributed by atoms with Crippen LogP contribution in [0.3, 0.4) is 0 Å². The molecule has 0 fully saturated rings. The smallest absolute Gasteiger partial charge is 0.285 e. The third kappa shape index (κ3) is 3.11. The second-order valence-corrected chi connectivity index (χ2v) is 5.55. The molecule has 1 atom stereocenters. The topological polar surface area (TPSA) is 84.8 Å². The maximum Gasteiger partial charge on any atom is 0.285 e. The molecule has 0 radical (unpaired) electrons. The first-order valence-electron chi connectivity index (χ1n) is 7.21. The normalized spacial score (nSPS) is 12.0. The van der Waals surface area contributed by atoms with Gasteiger partial charge in [-0.15, -0.1) is 0 Å². The summed E-state index contributed by atoms with van der Waals surface area (Å²) in [7, 11) is 3.52. The molecule has 1 aromatic carbocycles. The van der Waals surface area contributed by atoms with E-state index < -0.39 is 5.56 Å². The van der Waals surface area contributed by atoms with E-state index in [1.165, 1.54) is 6.20 Å². The largest absolute Gasteiger partial charge is 0.497 e. The van der Waals surface area contributed by atoms with Crippen LogP contribution in [0, 0.1) is 0 Å². The lowest BCUT2D eigenvalue weighted by Gasteiger charge is -2.20. The number of H-pyrrole nitrogens is 1. The number of nitrogens with one attached hydrogen (secondary N) is 2. The summed E-state index contributed by atoms with van der Waals surface area (Å²) in [6.45, 7) is 0. The molecule has 0 spiro atoms. The first kappa shape index (κ1) is 16.1. The minimum atomic E-state index is -0.449. The Balaban J connectivity index is 2.03. The fourth-order valence-electron chi connectivity index (χ4n) is 2.39. The van der Waals surface area contributed by atoms with Gasteiger partial charge in [-0.3, -0.25) is 4.79 Å². The molecule has 2 aromatic heterocycles. The maximum atomic E-state index is 11.7. The number of aromatic amines is 1. The third-order valence-electron chi connectivity index (χ3n) is 3.66. The van der Waals surface area contributed by atoms with E-state index in [0.717, 1.165) is 17.1 Å². The van der Waals surface area contributed by atoms with Crippen LogP contribution in [-0.4, -0.2) is 26.9 Å². The summed E-state index contributed by atoms with van der Waals surface area (Å²) in [6.07, 6.45) is 5.04. The highest BCUT2D eigenvalue weighted by atomic mass is 35.5. The molecular weight excluding hydrogens is 330 g/mol. The number of aromatic nitrogens is 4. The summed E-state index contributed by atoms with van der Waals surface area (Å²) in [6, 6.07) is 7.28. The number of imidazole rings is 1. The summed E-state index contributed by atoms with van der Waals surface area (Å²) in [5.74, 6) is 1.53. The molecule has 1 unspecified atom stereocenters. The minimum absolute atomic E-state index is 0.0534. The molecule has 0 amide bonds. The average Bonchev–Trinajstić information content (AvgIpc) is 3.02. The van der Waals surface area contributed by atoms with Gasteiger partial charge in [0.1, 0.15) is 22.6 Å².